The molecule has 1 aromatic carbocycles. The van der Waals surface area contributed by atoms with Crippen LogP contribution in [0.3, 0.4) is 0 Å². The summed E-state index contributed by atoms with van der Waals surface area (Å²) in [5, 5.41) is 4.64. The number of halogens is 3. The smallest absolute Gasteiger partial charge is 0.247 e. The quantitative estimate of drug-likeness (QED) is 0.798. The highest BCUT2D eigenvalue weighted by Gasteiger charge is 2.28. The molecule has 2 aromatic rings. The number of carbonyl (C=O) groups is 1. The van der Waals surface area contributed by atoms with Crippen molar-refractivity contribution in [2.75, 3.05) is 26.2 Å². The predicted molar refractivity (Wildman–Crippen MR) is 94.8 cm³/mol. The fourth-order valence-electron chi connectivity index (χ4n) is 3.21. The van der Waals surface area contributed by atoms with E-state index in [-0.39, 0.29) is 11.9 Å². The van der Waals surface area contributed by atoms with Crippen LogP contribution in [0.25, 0.3) is 0 Å². The van der Waals surface area contributed by atoms with E-state index in [0.717, 1.165) is 6.07 Å². The van der Waals surface area contributed by atoms with Gasteiger partial charge in [0.25, 0.3) is 0 Å². The van der Waals surface area contributed by atoms with Crippen molar-refractivity contribution < 1.29 is 13.6 Å². The third kappa shape index (κ3) is 4.04. The van der Waals surface area contributed by atoms with Crippen molar-refractivity contribution >= 4 is 17.5 Å². The highest BCUT2D eigenvalue weighted by atomic mass is 35.5. The number of hydrogen-bond donors (Lipinski definition) is 0. The summed E-state index contributed by atoms with van der Waals surface area (Å²) in [6.45, 7) is 4.57. The highest BCUT2D eigenvalue weighted by Crippen LogP contribution is 2.19. The Morgan fingerprint density at radius 3 is 2.62 bits per heavy atom. The molecule has 0 saturated carbocycles. The normalized spacial score (nSPS) is 16.7. The lowest BCUT2D eigenvalue weighted by Crippen LogP contribution is -2.50. The summed E-state index contributed by atoms with van der Waals surface area (Å²) >= 11 is 5.90. The molecule has 1 fully saturated rings. The average Bonchev–Trinajstić information content (AvgIpc) is 3.06. The molecule has 0 bridgehead atoms. The van der Waals surface area contributed by atoms with E-state index in [4.69, 9.17) is 11.6 Å². The lowest BCUT2D eigenvalue weighted by molar-refractivity contribution is -0.137. The molecule has 1 amide bonds. The van der Waals surface area contributed by atoms with Crippen LogP contribution in [0.4, 0.5) is 8.78 Å². The number of aromatic nitrogens is 2. The Hall–Kier alpha value is -1.99. The second-order valence-electron chi connectivity index (χ2n) is 6.38. The Labute approximate surface area is 156 Å². The minimum Gasteiger partial charge on any atom is -0.338 e. The van der Waals surface area contributed by atoms with Crippen LogP contribution >= 0.6 is 11.6 Å². The number of amides is 1. The first-order valence-electron chi connectivity index (χ1n) is 8.63. The molecule has 2 heterocycles. The first-order valence-corrected chi connectivity index (χ1v) is 9.01. The van der Waals surface area contributed by atoms with Crippen molar-refractivity contribution in [3.8, 4) is 0 Å². The molecule has 0 radical (unpaired) electrons. The number of piperazine rings is 1. The predicted octanol–water partition coefficient (Wildman–Crippen LogP) is 3.11. The highest BCUT2D eigenvalue weighted by molar-refractivity contribution is 6.30. The van der Waals surface area contributed by atoms with Crippen LogP contribution in [0.2, 0.25) is 5.02 Å². The van der Waals surface area contributed by atoms with Gasteiger partial charge in [0.2, 0.25) is 5.91 Å². The molecule has 5 nitrogen and oxygen atoms in total. The minimum absolute atomic E-state index is 0.00357. The molecule has 0 spiro atoms. The Morgan fingerprint density at radius 2 is 2.00 bits per heavy atom. The number of benzene rings is 1. The zero-order valence-electron chi connectivity index (χ0n) is 14.5. The molecular formula is C18H21ClF2N4O. The second-order valence-corrected chi connectivity index (χ2v) is 6.81. The van der Waals surface area contributed by atoms with Crippen molar-refractivity contribution in [3.63, 3.8) is 0 Å². The zero-order valence-corrected chi connectivity index (χ0v) is 15.3. The summed E-state index contributed by atoms with van der Waals surface area (Å²) in [6, 6.07) is 3.83. The molecule has 0 N–H and O–H groups in total. The number of rotatable bonds is 5. The SMILES string of the molecule is CCC(C(=O)N1CCN(Cc2cccc(F)c2F)CC1)n1cc(Cl)cn1. The summed E-state index contributed by atoms with van der Waals surface area (Å²) in [6.07, 6.45) is 3.78. The summed E-state index contributed by atoms with van der Waals surface area (Å²) in [7, 11) is 0. The maximum absolute atomic E-state index is 13.8. The van der Waals surface area contributed by atoms with Gasteiger partial charge >= 0.3 is 0 Å². The number of nitrogens with zero attached hydrogens (tertiary/aromatic N) is 4. The van der Waals surface area contributed by atoms with Gasteiger partial charge in [-0.3, -0.25) is 14.4 Å². The largest absolute Gasteiger partial charge is 0.338 e. The van der Waals surface area contributed by atoms with Crippen LogP contribution in [0, 0.1) is 11.6 Å². The maximum atomic E-state index is 13.8. The topological polar surface area (TPSA) is 41.4 Å². The Bertz CT molecular complexity index is 774. The fourth-order valence-corrected chi connectivity index (χ4v) is 3.35. The Balaban J connectivity index is 1.59. The molecule has 26 heavy (non-hydrogen) atoms. The van der Waals surface area contributed by atoms with Crippen LogP contribution in [0.15, 0.2) is 30.6 Å². The van der Waals surface area contributed by atoms with Crippen LogP contribution in [-0.4, -0.2) is 51.7 Å². The van der Waals surface area contributed by atoms with Crippen molar-refractivity contribution in [3.05, 3.63) is 52.8 Å². The van der Waals surface area contributed by atoms with Crippen LogP contribution in [0.5, 0.6) is 0 Å². The van der Waals surface area contributed by atoms with Crippen molar-refractivity contribution in [1.29, 1.82) is 0 Å². The van der Waals surface area contributed by atoms with Gasteiger partial charge in [0.15, 0.2) is 11.6 Å². The third-order valence-electron chi connectivity index (χ3n) is 4.67. The number of carbonyl (C=O) groups excluding carboxylic acids is 1. The van der Waals surface area contributed by atoms with Gasteiger partial charge in [0, 0.05) is 44.5 Å². The molecule has 1 aliphatic rings. The standard InChI is InChI=1S/C18H21ClF2N4O/c1-2-16(25-12-14(19)10-22-25)18(26)24-8-6-23(7-9-24)11-13-4-3-5-15(20)17(13)21/h3-5,10,12,16H,2,6-9,11H2,1H3. The molecular weight excluding hydrogens is 362 g/mol. The lowest BCUT2D eigenvalue weighted by Gasteiger charge is -2.36. The summed E-state index contributed by atoms with van der Waals surface area (Å²) in [4.78, 5) is 16.6. The molecule has 1 aliphatic heterocycles. The molecule has 140 valence electrons. The average molecular weight is 383 g/mol. The lowest BCUT2D eigenvalue weighted by atomic mass is 10.1. The van der Waals surface area contributed by atoms with Crippen LogP contribution in [0.1, 0.15) is 24.9 Å². The fraction of sp³-hybridized carbons (Fsp3) is 0.444. The molecule has 3 rings (SSSR count). The minimum atomic E-state index is -0.833. The summed E-state index contributed by atoms with van der Waals surface area (Å²) in [5.41, 5.74) is 0.336. The molecule has 1 atom stereocenters. The van der Waals surface area contributed by atoms with Gasteiger partial charge in [0.05, 0.1) is 11.2 Å². The molecule has 1 aromatic heterocycles. The van der Waals surface area contributed by atoms with Crippen LogP contribution in [-0.2, 0) is 11.3 Å². The molecule has 1 saturated heterocycles. The third-order valence-corrected chi connectivity index (χ3v) is 4.87. The van der Waals surface area contributed by atoms with E-state index in [1.807, 2.05) is 11.8 Å². The van der Waals surface area contributed by atoms with Gasteiger partial charge in [-0.25, -0.2) is 8.78 Å². The Morgan fingerprint density at radius 1 is 1.27 bits per heavy atom. The van der Waals surface area contributed by atoms with Crippen molar-refractivity contribution in [2.24, 2.45) is 0 Å². The number of hydrogen-bond acceptors (Lipinski definition) is 3. The van der Waals surface area contributed by atoms with E-state index < -0.39 is 11.6 Å². The van der Waals surface area contributed by atoms with Gasteiger partial charge in [-0.15, -0.1) is 0 Å². The summed E-state index contributed by atoms with van der Waals surface area (Å²) < 4.78 is 28.7. The second kappa shape index (κ2) is 8.14. The first kappa shape index (κ1) is 18.8. The van der Waals surface area contributed by atoms with E-state index >= 15 is 0 Å². The van der Waals surface area contributed by atoms with E-state index in [0.29, 0.717) is 49.7 Å². The van der Waals surface area contributed by atoms with E-state index in [2.05, 4.69) is 5.10 Å². The molecule has 1 unspecified atom stereocenters. The van der Waals surface area contributed by atoms with E-state index in [9.17, 15) is 13.6 Å². The van der Waals surface area contributed by atoms with Gasteiger partial charge in [0.1, 0.15) is 6.04 Å². The van der Waals surface area contributed by atoms with E-state index in [1.54, 1.807) is 21.8 Å². The first-order chi connectivity index (χ1) is 12.5. The molecule has 8 heteroatoms. The Kier molecular flexibility index (Phi) is 5.88. The molecule has 0 aliphatic carbocycles. The van der Waals surface area contributed by atoms with Gasteiger partial charge < -0.3 is 4.90 Å². The maximum Gasteiger partial charge on any atom is 0.247 e. The summed E-state index contributed by atoms with van der Waals surface area (Å²) in [5.74, 6) is -1.63. The van der Waals surface area contributed by atoms with Gasteiger partial charge in [-0.05, 0) is 12.5 Å². The van der Waals surface area contributed by atoms with Crippen molar-refractivity contribution in [1.82, 2.24) is 19.6 Å². The van der Waals surface area contributed by atoms with Crippen LogP contribution < -0.4 is 0 Å². The van der Waals surface area contributed by atoms with Gasteiger partial charge in [-0.1, -0.05) is 30.7 Å². The van der Waals surface area contributed by atoms with Crippen molar-refractivity contribution in [2.45, 2.75) is 25.9 Å². The zero-order chi connectivity index (χ0) is 18.7. The van der Waals surface area contributed by atoms with E-state index in [1.165, 1.54) is 12.3 Å². The monoisotopic (exact) mass is 382 g/mol. The van der Waals surface area contributed by atoms with Gasteiger partial charge in [-0.2, -0.15) is 5.10 Å².